The normalized spacial score (nSPS) is 23.0. The summed E-state index contributed by atoms with van der Waals surface area (Å²) < 4.78 is 23.1. The van der Waals surface area contributed by atoms with Crippen molar-refractivity contribution in [2.75, 3.05) is 27.8 Å². The summed E-state index contributed by atoms with van der Waals surface area (Å²) in [5, 5.41) is 3.70. The number of benzene rings is 4. The third-order valence-electron chi connectivity index (χ3n) is 10.8. The molecule has 10 heteroatoms. The van der Waals surface area contributed by atoms with Gasteiger partial charge < -0.3 is 33.1 Å². The standard InChI is InChI=1S/C38H34N4O6/c1-38-35(47-4)27(39(2)36(44)21-12-6-5-7-13-21)18-28(48-38)41-25-16-10-8-14-22(25)31-32-24(19-40(37(32)45)20-29(43)46-3)30-23-15-9-11-17-26(23)42(38)34(30)33(31)41/h5-17,27-28,35H,18-20H2,1-4H3/t27-,28-,35-,38+/m0/s1. The van der Waals surface area contributed by atoms with Crippen LogP contribution in [0, 0.1) is 0 Å². The molecule has 0 aliphatic carbocycles. The first kappa shape index (κ1) is 29.0. The average Bonchev–Trinajstić information content (AvgIpc) is 3.73. The monoisotopic (exact) mass is 642 g/mol. The Morgan fingerprint density at radius 3 is 2.29 bits per heavy atom. The number of hydrogen-bond donors (Lipinski definition) is 0. The summed E-state index contributed by atoms with van der Waals surface area (Å²) in [4.78, 5) is 44.2. The van der Waals surface area contributed by atoms with Gasteiger partial charge in [0.25, 0.3) is 11.8 Å². The first-order chi connectivity index (χ1) is 23.3. The molecule has 2 amide bonds. The molecule has 2 bridgehead atoms. The lowest BCUT2D eigenvalue weighted by molar-refractivity contribution is -0.264. The Kier molecular flexibility index (Phi) is 6.13. The molecule has 4 atom stereocenters. The molecule has 0 spiro atoms. The Morgan fingerprint density at radius 1 is 0.917 bits per heavy atom. The van der Waals surface area contributed by atoms with Gasteiger partial charge in [0.15, 0.2) is 5.72 Å². The molecule has 1 saturated heterocycles. The fourth-order valence-electron chi connectivity index (χ4n) is 8.81. The Bertz CT molecular complexity index is 2360. The Morgan fingerprint density at radius 2 is 1.58 bits per heavy atom. The fraction of sp³-hybridized carbons (Fsp3) is 0.289. The van der Waals surface area contributed by atoms with Crippen LogP contribution in [0.2, 0.25) is 0 Å². The van der Waals surface area contributed by atoms with Crippen molar-refractivity contribution < 1.29 is 28.6 Å². The number of ether oxygens (including phenoxy) is 3. The van der Waals surface area contributed by atoms with E-state index >= 15 is 0 Å². The van der Waals surface area contributed by atoms with Gasteiger partial charge in [-0.15, -0.1) is 0 Å². The largest absolute Gasteiger partial charge is 0.468 e. The van der Waals surface area contributed by atoms with Gasteiger partial charge in [-0.2, -0.15) is 0 Å². The van der Waals surface area contributed by atoms with Gasteiger partial charge in [0.2, 0.25) is 0 Å². The molecule has 242 valence electrons. The van der Waals surface area contributed by atoms with Gasteiger partial charge in [-0.3, -0.25) is 14.4 Å². The lowest BCUT2D eigenvalue weighted by Crippen LogP contribution is -2.61. The van der Waals surface area contributed by atoms with Crippen LogP contribution in [0.4, 0.5) is 0 Å². The maximum absolute atomic E-state index is 14.4. The molecule has 9 rings (SSSR count). The first-order valence-electron chi connectivity index (χ1n) is 16.2. The molecule has 48 heavy (non-hydrogen) atoms. The summed E-state index contributed by atoms with van der Waals surface area (Å²) in [6, 6.07) is 25.2. The summed E-state index contributed by atoms with van der Waals surface area (Å²) in [7, 11) is 4.86. The second kappa shape index (κ2) is 10.2. The van der Waals surface area contributed by atoms with Crippen molar-refractivity contribution >= 4 is 61.4 Å². The van der Waals surface area contributed by atoms with Crippen molar-refractivity contribution in [1.82, 2.24) is 18.9 Å². The van der Waals surface area contributed by atoms with E-state index in [2.05, 4.69) is 34.3 Å². The molecule has 6 aromatic rings. The maximum Gasteiger partial charge on any atom is 0.325 e. The van der Waals surface area contributed by atoms with Crippen molar-refractivity contribution in [3.63, 3.8) is 0 Å². The van der Waals surface area contributed by atoms with E-state index in [1.54, 1.807) is 16.9 Å². The van der Waals surface area contributed by atoms with Gasteiger partial charge in [-0.25, -0.2) is 0 Å². The van der Waals surface area contributed by atoms with Crippen molar-refractivity contribution in [2.24, 2.45) is 0 Å². The highest BCUT2D eigenvalue weighted by Crippen LogP contribution is 2.54. The highest BCUT2D eigenvalue weighted by atomic mass is 16.6. The molecule has 0 unspecified atom stereocenters. The van der Waals surface area contributed by atoms with Crippen molar-refractivity contribution in [1.29, 1.82) is 0 Å². The number of likely N-dealkylation sites (N-methyl/N-ethyl adjacent to an activating group) is 1. The minimum Gasteiger partial charge on any atom is -0.468 e. The van der Waals surface area contributed by atoms with Crippen LogP contribution in [0.1, 0.15) is 45.9 Å². The van der Waals surface area contributed by atoms with Crippen molar-refractivity contribution in [2.45, 2.75) is 44.0 Å². The number of aromatic nitrogens is 2. The minimum absolute atomic E-state index is 0.0947. The van der Waals surface area contributed by atoms with Crippen LogP contribution in [-0.4, -0.2) is 76.7 Å². The van der Waals surface area contributed by atoms with Crippen LogP contribution in [-0.2, 0) is 31.3 Å². The van der Waals surface area contributed by atoms with Crippen LogP contribution in [0.15, 0.2) is 78.9 Å². The number of rotatable bonds is 5. The Balaban J connectivity index is 1.39. The zero-order valence-corrected chi connectivity index (χ0v) is 27.1. The van der Waals surface area contributed by atoms with E-state index < -0.39 is 24.0 Å². The average molecular weight is 643 g/mol. The molecule has 1 fully saturated rings. The van der Waals surface area contributed by atoms with Crippen LogP contribution >= 0.6 is 0 Å². The van der Waals surface area contributed by atoms with Gasteiger partial charge in [0, 0.05) is 54.2 Å². The molecule has 4 aromatic carbocycles. The molecule has 3 aliphatic rings. The van der Waals surface area contributed by atoms with Gasteiger partial charge in [-0.1, -0.05) is 54.6 Å². The quantitative estimate of drug-likeness (QED) is 0.221. The molecule has 0 N–H and O–H groups in total. The van der Waals surface area contributed by atoms with E-state index in [0.717, 1.165) is 49.2 Å². The second-order valence-corrected chi connectivity index (χ2v) is 13.1. The van der Waals surface area contributed by atoms with E-state index in [-0.39, 0.29) is 30.9 Å². The number of fused-ring (bicyclic) bond motifs is 13. The van der Waals surface area contributed by atoms with E-state index in [1.807, 2.05) is 67.7 Å². The van der Waals surface area contributed by atoms with Gasteiger partial charge in [-0.05, 0) is 36.8 Å². The number of para-hydroxylation sites is 2. The number of carbonyl (C=O) groups is 3. The number of nitrogens with zero attached hydrogens (tertiary/aromatic N) is 4. The smallest absolute Gasteiger partial charge is 0.325 e. The highest BCUT2D eigenvalue weighted by molar-refractivity contribution is 6.31. The summed E-state index contributed by atoms with van der Waals surface area (Å²) in [5.74, 6) is -0.756. The number of hydrogen-bond acceptors (Lipinski definition) is 6. The number of esters is 1. The number of carbonyl (C=O) groups excluding carboxylic acids is 3. The van der Waals surface area contributed by atoms with Gasteiger partial charge in [0.1, 0.15) is 18.9 Å². The zero-order valence-electron chi connectivity index (χ0n) is 27.1. The minimum atomic E-state index is -1.06. The molecule has 5 heterocycles. The van der Waals surface area contributed by atoms with E-state index in [4.69, 9.17) is 14.2 Å². The van der Waals surface area contributed by atoms with Crippen molar-refractivity contribution in [3.05, 3.63) is 95.6 Å². The predicted octanol–water partition coefficient (Wildman–Crippen LogP) is 5.79. The van der Waals surface area contributed by atoms with Gasteiger partial charge in [0.05, 0.1) is 40.8 Å². The summed E-state index contributed by atoms with van der Waals surface area (Å²) >= 11 is 0. The summed E-state index contributed by atoms with van der Waals surface area (Å²) in [5.41, 5.74) is 4.73. The third-order valence-corrected chi connectivity index (χ3v) is 10.8. The topological polar surface area (TPSA) is 95.2 Å². The molecular formula is C38H34N4O6. The maximum atomic E-state index is 14.4. The SMILES string of the molecule is COC(=O)CN1Cc2c(c3c4ccccc4n4c3c3c2c2ccccc2n3[C@]2(C)O[C@H]4C[C@H](N(C)C(=O)c3ccccc3)[C@@H]2OC)C1=O. The zero-order chi connectivity index (χ0) is 33.1. The van der Waals surface area contributed by atoms with Crippen LogP contribution < -0.4 is 0 Å². The van der Waals surface area contributed by atoms with E-state index in [1.165, 1.54) is 7.11 Å². The molecule has 10 nitrogen and oxygen atoms in total. The molecule has 2 aromatic heterocycles. The summed E-state index contributed by atoms with van der Waals surface area (Å²) in [6.07, 6.45) is -0.592. The van der Waals surface area contributed by atoms with E-state index in [0.29, 0.717) is 17.5 Å². The lowest BCUT2D eigenvalue weighted by atomic mass is 9.91. The van der Waals surface area contributed by atoms with E-state index in [9.17, 15) is 14.4 Å². The first-order valence-corrected chi connectivity index (χ1v) is 16.2. The lowest BCUT2D eigenvalue weighted by Gasteiger charge is -2.50. The number of amides is 2. The van der Waals surface area contributed by atoms with Crippen LogP contribution in [0.3, 0.4) is 0 Å². The molecule has 3 aliphatic heterocycles. The number of methoxy groups -OCH3 is 2. The van der Waals surface area contributed by atoms with Crippen LogP contribution in [0.5, 0.6) is 0 Å². The Labute approximate surface area is 275 Å². The molecule has 0 radical (unpaired) electrons. The Hall–Kier alpha value is -5.19. The fourth-order valence-corrected chi connectivity index (χ4v) is 8.81. The highest BCUT2D eigenvalue weighted by Gasteiger charge is 2.55. The van der Waals surface area contributed by atoms with Gasteiger partial charge >= 0.3 is 5.97 Å². The predicted molar refractivity (Wildman–Crippen MR) is 181 cm³/mol. The molecule has 0 saturated carbocycles. The second-order valence-electron chi connectivity index (χ2n) is 13.1. The van der Waals surface area contributed by atoms with Crippen LogP contribution in [0.25, 0.3) is 43.6 Å². The third kappa shape index (κ3) is 3.61. The molecular weight excluding hydrogens is 608 g/mol. The van der Waals surface area contributed by atoms with Crippen molar-refractivity contribution in [3.8, 4) is 0 Å². The summed E-state index contributed by atoms with van der Waals surface area (Å²) in [6.45, 7) is 2.19.